The molecule has 1 saturated carbocycles. The summed E-state index contributed by atoms with van der Waals surface area (Å²) in [6, 6.07) is 17.1. The number of carbonyl (C=O) groups is 1. The number of rotatable bonds is 5. The van der Waals surface area contributed by atoms with Crippen LogP contribution in [0.25, 0.3) is 0 Å². The van der Waals surface area contributed by atoms with Crippen molar-refractivity contribution in [3.8, 4) is 11.5 Å². The van der Waals surface area contributed by atoms with Crippen LogP contribution in [0.3, 0.4) is 0 Å². The van der Waals surface area contributed by atoms with Crippen molar-refractivity contribution in [3.05, 3.63) is 54.6 Å². The van der Waals surface area contributed by atoms with E-state index in [2.05, 4.69) is 5.32 Å². The Morgan fingerprint density at radius 1 is 1.04 bits per heavy atom. The molecule has 3 N–H and O–H groups in total. The van der Waals surface area contributed by atoms with E-state index in [0.717, 1.165) is 36.4 Å². The fourth-order valence-electron chi connectivity index (χ4n) is 3.13. The number of anilines is 1. The third-order valence-electron chi connectivity index (χ3n) is 4.40. The maximum Gasteiger partial charge on any atom is 0.227 e. The number of carbonyl (C=O) groups excluding carboxylic acids is 1. The Kier molecular flexibility index (Phi) is 6.64. The third-order valence-corrected chi connectivity index (χ3v) is 4.40. The Hall–Kier alpha value is -2.04. The van der Waals surface area contributed by atoms with Gasteiger partial charge in [0.05, 0.1) is 0 Å². The van der Waals surface area contributed by atoms with Gasteiger partial charge in [-0.05, 0) is 61.7 Å². The molecular weight excluding hydrogens is 324 g/mol. The van der Waals surface area contributed by atoms with Crippen molar-refractivity contribution < 1.29 is 9.53 Å². The van der Waals surface area contributed by atoms with Crippen LogP contribution in [0.5, 0.6) is 11.5 Å². The summed E-state index contributed by atoms with van der Waals surface area (Å²) in [5, 5.41) is 2.99. The maximum atomic E-state index is 12.4. The molecule has 1 amide bonds. The van der Waals surface area contributed by atoms with Crippen molar-refractivity contribution in [3.63, 3.8) is 0 Å². The van der Waals surface area contributed by atoms with Crippen LogP contribution in [0.15, 0.2) is 54.6 Å². The molecule has 0 aromatic heterocycles. The molecule has 0 saturated heterocycles. The highest BCUT2D eigenvalue weighted by molar-refractivity contribution is 5.93. The number of hydrogen-bond donors (Lipinski definition) is 2. The SMILES string of the molecule is Cl.NC[C@H]1CCC[C@H]1C(=O)Nc1ccc(Oc2ccccc2)cc1. The van der Waals surface area contributed by atoms with Crippen molar-refractivity contribution in [2.45, 2.75) is 19.3 Å². The predicted octanol–water partition coefficient (Wildman–Crippen LogP) is 4.21. The third kappa shape index (κ3) is 4.49. The van der Waals surface area contributed by atoms with Gasteiger partial charge in [-0.2, -0.15) is 0 Å². The number of amides is 1. The number of nitrogens with one attached hydrogen (secondary N) is 1. The molecule has 5 heteroatoms. The van der Waals surface area contributed by atoms with E-state index in [4.69, 9.17) is 10.5 Å². The van der Waals surface area contributed by atoms with Crippen LogP contribution in [0.4, 0.5) is 5.69 Å². The molecule has 0 bridgehead atoms. The summed E-state index contributed by atoms with van der Waals surface area (Å²) >= 11 is 0. The van der Waals surface area contributed by atoms with E-state index in [1.165, 1.54) is 0 Å². The quantitative estimate of drug-likeness (QED) is 0.852. The summed E-state index contributed by atoms with van der Waals surface area (Å²) in [4.78, 5) is 12.4. The molecule has 4 nitrogen and oxygen atoms in total. The summed E-state index contributed by atoms with van der Waals surface area (Å²) in [7, 11) is 0. The number of ether oxygens (including phenoxy) is 1. The lowest BCUT2D eigenvalue weighted by Crippen LogP contribution is -2.29. The van der Waals surface area contributed by atoms with Gasteiger partial charge in [-0.3, -0.25) is 4.79 Å². The topological polar surface area (TPSA) is 64.4 Å². The Bertz CT molecular complexity index is 646. The largest absolute Gasteiger partial charge is 0.457 e. The minimum absolute atomic E-state index is 0. The summed E-state index contributed by atoms with van der Waals surface area (Å²) < 4.78 is 5.74. The van der Waals surface area contributed by atoms with E-state index >= 15 is 0 Å². The molecule has 0 spiro atoms. The number of halogens is 1. The Morgan fingerprint density at radius 3 is 2.38 bits per heavy atom. The molecule has 128 valence electrons. The summed E-state index contributed by atoms with van der Waals surface area (Å²) in [5.74, 6) is 1.97. The van der Waals surface area contributed by atoms with E-state index in [-0.39, 0.29) is 24.2 Å². The van der Waals surface area contributed by atoms with E-state index in [1.807, 2.05) is 54.6 Å². The van der Waals surface area contributed by atoms with Gasteiger partial charge in [0, 0.05) is 11.6 Å². The number of nitrogens with two attached hydrogens (primary N) is 1. The molecule has 2 aromatic carbocycles. The predicted molar refractivity (Wildman–Crippen MR) is 98.7 cm³/mol. The molecule has 2 aromatic rings. The van der Waals surface area contributed by atoms with E-state index in [0.29, 0.717) is 12.5 Å². The van der Waals surface area contributed by atoms with Crippen LogP contribution in [0.2, 0.25) is 0 Å². The van der Waals surface area contributed by atoms with E-state index in [9.17, 15) is 4.79 Å². The standard InChI is InChI=1S/C19H22N2O2.ClH/c20-13-14-5-4-8-18(14)19(22)21-15-9-11-17(12-10-15)23-16-6-2-1-3-7-16;/h1-3,6-7,9-12,14,18H,4-5,8,13,20H2,(H,21,22);1H/t14-,18-;/m1./s1. The van der Waals surface area contributed by atoms with Crippen molar-refractivity contribution >= 4 is 24.0 Å². The fourth-order valence-corrected chi connectivity index (χ4v) is 3.13. The molecule has 0 radical (unpaired) electrons. The molecule has 1 aliphatic carbocycles. The van der Waals surface area contributed by atoms with E-state index in [1.54, 1.807) is 0 Å². The van der Waals surface area contributed by atoms with Crippen LogP contribution in [0, 0.1) is 11.8 Å². The Balaban J connectivity index is 0.00000208. The zero-order valence-electron chi connectivity index (χ0n) is 13.5. The van der Waals surface area contributed by atoms with E-state index < -0.39 is 0 Å². The van der Waals surface area contributed by atoms with Crippen molar-refractivity contribution in [2.75, 3.05) is 11.9 Å². The second kappa shape index (κ2) is 8.71. The van der Waals surface area contributed by atoms with Gasteiger partial charge in [0.2, 0.25) is 5.91 Å². The van der Waals surface area contributed by atoms with Crippen molar-refractivity contribution in [1.29, 1.82) is 0 Å². The van der Waals surface area contributed by atoms with Crippen molar-refractivity contribution in [1.82, 2.24) is 0 Å². The number of para-hydroxylation sites is 1. The van der Waals surface area contributed by atoms with Crippen LogP contribution in [-0.2, 0) is 4.79 Å². The summed E-state index contributed by atoms with van der Waals surface area (Å²) in [5.41, 5.74) is 6.54. The zero-order chi connectivity index (χ0) is 16.1. The minimum atomic E-state index is 0. The highest BCUT2D eigenvalue weighted by atomic mass is 35.5. The molecular formula is C19H23ClN2O2. The van der Waals surface area contributed by atoms with Crippen LogP contribution in [0.1, 0.15) is 19.3 Å². The average Bonchev–Trinajstić information content (AvgIpc) is 3.06. The van der Waals surface area contributed by atoms with Gasteiger partial charge in [-0.25, -0.2) is 0 Å². The minimum Gasteiger partial charge on any atom is -0.457 e. The second-order valence-corrected chi connectivity index (χ2v) is 5.96. The molecule has 0 heterocycles. The lowest BCUT2D eigenvalue weighted by molar-refractivity contribution is -0.120. The van der Waals surface area contributed by atoms with Gasteiger partial charge in [0.1, 0.15) is 11.5 Å². The average molecular weight is 347 g/mol. The maximum absolute atomic E-state index is 12.4. The lowest BCUT2D eigenvalue weighted by atomic mass is 9.95. The first kappa shape index (κ1) is 18.3. The number of hydrogen-bond acceptors (Lipinski definition) is 3. The van der Waals surface area contributed by atoms with Gasteiger partial charge >= 0.3 is 0 Å². The summed E-state index contributed by atoms with van der Waals surface area (Å²) in [6.07, 6.45) is 3.07. The van der Waals surface area contributed by atoms with Crippen LogP contribution >= 0.6 is 12.4 Å². The monoisotopic (exact) mass is 346 g/mol. The highest BCUT2D eigenvalue weighted by Gasteiger charge is 2.31. The molecule has 0 aliphatic heterocycles. The highest BCUT2D eigenvalue weighted by Crippen LogP contribution is 2.32. The first-order valence-corrected chi connectivity index (χ1v) is 8.10. The second-order valence-electron chi connectivity index (χ2n) is 5.96. The van der Waals surface area contributed by atoms with Crippen molar-refractivity contribution in [2.24, 2.45) is 17.6 Å². The van der Waals surface area contributed by atoms with Gasteiger partial charge < -0.3 is 15.8 Å². The smallest absolute Gasteiger partial charge is 0.227 e. The molecule has 0 unspecified atom stereocenters. The summed E-state index contributed by atoms with van der Waals surface area (Å²) in [6.45, 7) is 0.585. The van der Waals surface area contributed by atoms with Gasteiger partial charge in [-0.15, -0.1) is 12.4 Å². The fraction of sp³-hybridized carbons (Fsp3) is 0.316. The molecule has 1 fully saturated rings. The first-order chi connectivity index (χ1) is 11.3. The Labute approximate surface area is 148 Å². The molecule has 2 atom stereocenters. The Morgan fingerprint density at radius 2 is 1.71 bits per heavy atom. The van der Waals surface area contributed by atoms with Gasteiger partial charge in [0.25, 0.3) is 0 Å². The van der Waals surface area contributed by atoms with Crippen LogP contribution in [-0.4, -0.2) is 12.5 Å². The lowest BCUT2D eigenvalue weighted by Gasteiger charge is -2.17. The van der Waals surface area contributed by atoms with Gasteiger partial charge in [-0.1, -0.05) is 24.6 Å². The first-order valence-electron chi connectivity index (χ1n) is 8.10. The van der Waals surface area contributed by atoms with Crippen LogP contribution < -0.4 is 15.8 Å². The number of benzene rings is 2. The van der Waals surface area contributed by atoms with Gasteiger partial charge in [0.15, 0.2) is 0 Å². The molecule has 24 heavy (non-hydrogen) atoms. The molecule has 3 rings (SSSR count). The molecule has 1 aliphatic rings. The zero-order valence-corrected chi connectivity index (χ0v) is 14.3. The normalized spacial score (nSPS) is 19.4.